The predicted octanol–water partition coefficient (Wildman–Crippen LogP) is 0.331. The lowest BCUT2D eigenvalue weighted by Crippen LogP contribution is -2.68. The van der Waals surface area contributed by atoms with Crippen molar-refractivity contribution in [2.75, 3.05) is 31.3 Å². The van der Waals surface area contributed by atoms with Crippen LogP contribution in [0, 0.1) is 6.92 Å². The molecule has 0 spiro atoms. The molecular weight excluding hydrogens is 358 g/mol. The highest BCUT2D eigenvalue weighted by Crippen LogP contribution is 2.30. The number of ether oxygens (including phenoxy) is 1. The number of carbonyl (C=O) groups is 2. The summed E-state index contributed by atoms with van der Waals surface area (Å²) < 4.78 is 5.37. The van der Waals surface area contributed by atoms with E-state index in [1.165, 1.54) is 0 Å². The summed E-state index contributed by atoms with van der Waals surface area (Å²) in [6.45, 7) is 4.67. The molecule has 3 aliphatic heterocycles. The first kappa shape index (κ1) is 17.4. The molecule has 3 heterocycles. The van der Waals surface area contributed by atoms with E-state index in [2.05, 4.69) is 21.0 Å². The Morgan fingerprint density at radius 3 is 2.81 bits per heavy atom. The molecule has 0 aromatic heterocycles. The van der Waals surface area contributed by atoms with Gasteiger partial charge in [0.1, 0.15) is 12.5 Å². The van der Waals surface area contributed by atoms with E-state index in [1.54, 1.807) is 23.3 Å². The first-order chi connectivity index (χ1) is 12.6. The molecule has 0 saturated carbocycles. The molecule has 1 aromatic rings. The van der Waals surface area contributed by atoms with Crippen LogP contribution in [0.5, 0.6) is 0 Å². The van der Waals surface area contributed by atoms with E-state index >= 15 is 0 Å². The highest BCUT2D eigenvalue weighted by Gasteiger charge is 2.39. The van der Waals surface area contributed by atoms with E-state index in [0.29, 0.717) is 35.1 Å². The van der Waals surface area contributed by atoms with Crippen molar-refractivity contribution in [2.24, 2.45) is 0 Å². The summed E-state index contributed by atoms with van der Waals surface area (Å²) in [4.78, 5) is 26.2. The van der Waals surface area contributed by atoms with Gasteiger partial charge in [0.2, 0.25) is 0 Å². The van der Waals surface area contributed by atoms with Gasteiger partial charge >= 0.3 is 0 Å². The van der Waals surface area contributed by atoms with Gasteiger partial charge in [-0.25, -0.2) is 5.43 Å². The summed E-state index contributed by atoms with van der Waals surface area (Å²) in [5, 5.41) is 8.58. The van der Waals surface area contributed by atoms with E-state index in [9.17, 15) is 9.59 Å². The Morgan fingerprint density at radius 2 is 2.08 bits per heavy atom. The van der Waals surface area contributed by atoms with Gasteiger partial charge in [0, 0.05) is 29.9 Å². The largest absolute Gasteiger partial charge is 0.379 e. The number of benzene rings is 1. The molecule has 26 heavy (non-hydrogen) atoms. The molecule has 3 N–H and O–H groups in total. The Bertz CT molecular complexity index is 778. The van der Waals surface area contributed by atoms with Gasteiger partial charge in [0.15, 0.2) is 6.29 Å². The zero-order chi connectivity index (χ0) is 18.3. The van der Waals surface area contributed by atoms with Crippen LogP contribution in [0.2, 0.25) is 5.02 Å². The number of carbonyl (C=O) groups excluding carboxylic acids is 2. The molecule has 1 amide bonds. The molecule has 2 unspecified atom stereocenters. The van der Waals surface area contributed by atoms with Gasteiger partial charge in [-0.3, -0.25) is 24.8 Å². The average molecular weight is 378 g/mol. The van der Waals surface area contributed by atoms with Gasteiger partial charge < -0.3 is 10.1 Å². The molecule has 2 saturated heterocycles. The maximum absolute atomic E-state index is 12.6. The van der Waals surface area contributed by atoms with Crippen LogP contribution in [0.1, 0.15) is 15.9 Å². The third kappa shape index (κ3) is 3.10. The monoisotopic (exact) mass is 377 g/mol. The Balaban J connectivity index is 1.58. The number of hydrogen-bond acceptors (Lipinski definition) is 7. The highest BCUT2D eigenvalue weighted by atomic mass is 35.5. The van der Waals surface area contributed by atoms with Crippen molar-refractivity contribution in [2.45, 2.75) is 19.4 Å². The van der Waals surface area contributed by atoms with E-state index in [-0.39, 0.29) is 18.4 Å². The fourth-order valence-electron chi connectivity index (χ4n) is 3.53. The molecule has 0 bridgehead atoms. The molecule has 8 nitrogen and oxygen atoms in total. The van der Waals surface area contributed by atoms with E-state index < -0.39 is 0 Å². The van der Waals surface area contributed by atoms with Crippen LogP contribution in [0.3, 0.4) is 0 Å². The molecule has 1 aromatic carbocycles. The van der Waals surface area contributed by atoms with Crippen molar-refractivity contribution in [1.82, 2.24) is 21.0 Å². The number of fused-ring (bicyclic) bond motifs is 1. The quantitative estimate of drug-likeness (QED) is 0.654. The van der Waals surface area contributed by atoms with Gasteiger partial charge in [-0.05, 0) is 24.6 Å². The third-order valence-electron chi connectivity index (χ3n) is 4.78. The lowest BCUT2D eigenvalue weighted by molar-refractivity contribution is -0.123. The second-order valence-corrected chi connectivity index (χ2v) is 6.92. The maximum atomic E-state index is 12.6. The van der Waals surface area contributed by atoms with Gasteiger partial charge in [-0.2, -0.15) is 0 Å². The molecule has 0 aliphatic carbocycles. The SMILES string of the molecule is Cc1cc(Cl)cc(C=O)c1N1C=C2C(=O)NC(N3CCOCC3)NC2N1. The van der Waals surface area contributed by atoms with Crippen LogP contribution < -0.4 is 21.1 Å². The van der Waals surface area contributed by atoms with Crippen LogP contribution >= 0.6 is 11.6 Å². The smallest absolute Gasteiger partial charge is 0.254 e. The van der Waals surface area contributed by atoms with Crippen LogP contribution in [0.25, 0.3) is 0 Å². The Hall–Kier alpha value is -1.97. The van der Waals surface area contributed by atoms with Gasteiger partial charge in [0.25, 0.3) is 5.91 Å². The summed E-state index contributed by atoms with van der Waals surface area (Å²) >= 11 is 6.05. The number of hydrazine groups is 1. The standard InChI is InChI=1S/C17H20ClN5O3/c1-10-6-12(18)7-11(9-24)14(10)23-8-13-15(21-23)19-17(20-16(13)25)22-2-4-26-5-3-22/h6-9,15,17,19,21H,2-5H2,1H3,(H,20,25). The normalized spacial score (nSPS) is 26.3. The lowest BCUT2D eigenvalue weighted by Gasteiger charge is -2.40. The molecular formula is C17H20ClN5O3. The number of morpholine rings is 1. The number of anilines is 1. The summed E-state index contributed by atoms with van der Waals surface area (Å²) in [6, 6.07) is 3.40. The first-order valence-electron chi connectivity index (χ1n) is 8.48. The molecule has 3 aliphatic rings. The predicted molar refractivity (Wildman–Crippen MR) is 96.5 cm³/mol. The number of rotatable bonds is 3. The Morgan fingerprint density at radius 1 is 1.31 bits per heavy atom. The molecule has 2 atom stereocenters. The minimum Gasteiger partial charge on any atom is -0.379 e. The number of aldehydes is 1. The van der Waals surface area contributed by atoms with E-state index in [1.807, 2.05) is 6.92 Å². The van der Waals surface area contributed by atoms with Crippen LogP contribution in [0.4, 0.5) is 5.69 Å². The molecule has 0 radical (unpaired) electrons. The Kier molecular flexibility index (Phi) is 4.68. The first-order valence-corrected chi connectivity index (χ1v) is 8.86. The maximum Gasteiger partial charge on any atom is 0.254 e. The van der Waals surface area contributed by atoms with Crippen LogP contribution in [0.15, 0.2) is 23.9 Å². The summed E-state index contributed by atoms with van der Waals surface area (Å²) in [5.74, 6) is -0.139. The summed E-state index contributed by atoms with van der Waals surface area (Å²) in [7, 11) is 0. The summed E-state index contributed by atoms with van der Waals surface area (Å²) in [5.41, 5.74) is 5.81. The van der Waals surface area contributed by atoms with Crippen LogP contribution in [-0.4, -0.2) is 55.9 Å². The molecule has 9 heteroatoms. The number of nitrogens with one attached hydrogen (secondary N) is 3. The average Bonchev–Trinajstić information content (AvgIpc) is 3.05. The van der Waals surface area contributed by atoms with Crippen molar-refractivity contribution in [3.05, 3.63) is 40.1 Å². The Labute approximate surface area is 156 Å². The number of amides is 1. The number of halogens is 1. The number of nitrogens with zero attached hydrogens (tertiary/aromatic N) is 2. The van der Waals surface area contributed by atoms with Crippen LogP contribution in [-0.2, 0) is 9.53 Å². The fourth-order valence-corrected chi connectivity index (χ4v) is 3.81. The van der Waals surface area contributed by atoms with Gasteiger partial charge in [0.05, 0.1) is 24.5 Å². The minimum atomic E-state index is -0.342. The van der Waals surface area contributed by atoms with Crippen molar-refractivity contribution in [3.8, 4) is 0 Å². The third-order valence-corrected chi connectivity index (χ3v) is 4.99. The zero-order valence-corrected chi connectivity index (χ0v) is 15.0. The second kappa shape index (κ2) is 6.98. The highest BCUT2D eigenvalue weighted by molar-refractivity contribution is 6.31. The number of hydrogen-bond donors (Lipinski definition) is 3. The lowest BCUT2D eigenvalue weighted by atomic mass is 10.1. The van der Waals surface area contributed by atoms with Crippen molar-refractivity contribution < 1.29 is 14.3 Å². The van der Waals surface area contributed by atoms with Gasteiger partial charge in [-0.15, -0.1) is 0 Å². The van der Waals surface area contributed by atoms with Crippen molar-refractivity contribution in [3.63, 3.8) is 0 Å². The fraction of sp³-hybridized carbons (Fsp3) is 0.412. The van der Waals surface area contributed by atoms with E-state index in [0.717, 1.165) is 24.9 Å². The second-order valence-electron chi connectivity index (χ2n) is 6.49. The van der Waals surface area contributed by atoms with Crippen molar-refractivity contribution in [1.29, 1.82) is 0 Å². The summed E-state index contributed by atoms with van der Waals surface area (Å²) in [6.07, 6.45) is 1.87. The van der Waals surface area contributed by atoms with Gasteiger partial charge in [-0.1, -0.05) is 11.6 Å². The van der Waals surface area contributed by atoms with E-state index in [4.69, 9.17) is 16.3 Å². The molecule has 4 rings (SSSR count). The molecule has 138 valence electrons. The topological polar surface area (TPSA) is 85.9 Å². The number of aryl methyl sites for hydroxylation is 1. The van der Waals surface area contributed by atoms with Crippen molar-refractivity contribution >= 4 is 29.5 Å². The minimum absolute atomic E-state index is 0.139. The zero-order valence-electron chi connectivity index (χ0n) is 14.3. The molecule has 2 fully saturated rings.